The molecule has 0 aliphatic heterocycles. The van der Waals surface area contributed by atoms with Crippen LogP contribution < -0.4 is 20.1 Å². The molecule has 0 fully saturated rings. The van der Waals surface area contributed by atoms with Crippen LogP contribution in [0, 0.1) is 0 Å². The van der Waals surface area contributed by atoms with Crippen LogP contribution in [0.4, 0.5) is 5.69 Å². The van der Waals surface area contributed by atoms with E-state index >= 15 is 0 Å². The number of nitrogens with zero attached hydrogens (tertiary/aromatic N) is 2. The second kappa shape index (κ2) is 6.94. The molecule has 1 heterocycles. The number of hydrogen-bond acceptors (Lipinski definition) is 4. The third-order valence-corrected chi connectivity index (χ3v) is 3.11. The first-order chi connectivity index (χ1) is 10.1. The van der Waals surface area contributed by atoms with Gasteiger partial charge in [-0.05, 0) is 24.4 Å². The van der Waals surface area contributed by atoms with E-state index in [2.05, 4.69) is 15.7 Å². The Hall–Kier alpha value is -2.28. The average molecular weight is 306 g/mol. The van der Waals surface area contributed by atoms with Crippen LogP contribution in [0.2, 0.25) is 0 Å². The van der Waals surface area contributed by atoms with Gasteiger partial charge in [0.25, 0.3) is 0 Å². The first-order valence-electron chi connectivity index (χ1n) is 6.36. The topological polar surface area (TPSA) is 60.3 Å². The summed E-state index contributed by atoms with van der Waals surface area (Å²) in [5.74, 6) is 1.43. The lowest BCUT2D eigenvalue weighted by molar-refractivity contribution is 0.405. The number of aryl methyl sites for hydroxylation is 1. The second-order valence-electron chi connectivity index (χ2n) is 4.40. The van der Waals surface area contributed by atoms with Gasteiger partial charge in [0, 0.05) is 31.4 Å². The van der Waals surface area contributed by atoms with Crippen molar-refractivity contribution in [3.05, 3.63) is 36.2 Å². The maximum atomic E-state index is 5.29. The molecule has 7 heteroatoms. The van der Waals surface area contributed by atoms with Gasteiger partial charge < -0.3 is 20.1 Å². The van der Waals surface area contributed by atoms with Crippen LogP contribution in [-0.2, 0) is 13.6 Å². The Labute approximate surface area is 129 Å². The van der Waals surface area contributed by atoms with Crippen LogP contribution in [0.1, 0.15) is 5.56 Å². The van der Waals surface area contributed by atoms with Gasteiger partial charge in [0.2, 0.25) is 0 Å². The van der Waals surface area contributed by atoms with Gasteiger partial charge in [0.1, 0.15) is 11.5 Å². The van der Waals surface area contributed by atoms with E-state index in [1.165, 1.54) is 0 Å². The molecule has 0 amide bonds. The van der Waals surface area contributed by atoms with Crippen molar-refractivity contribution in [2.75, 3.05) is 19.5 Å². The van der Waals surface area contributed by atoms with Crippen LogP contribution >= 0.6 is 12.2 Å². The molecule has 1 aromatic heterocycles. The van der Waals surface area contributed by atoms with Crippen molar-refractivity contribution < 1.29 is 9.47 Å². The van der Waals surface area contributed by atoms with Gasteiger partial charge in [0.05, 0.1) is 26.1 Å². The van der Waals surface area contributed by atoms with E-state index in [0.717, 1.165) is 17.0 Å². The minimum Gasteiger partial charge on any atom is -0.497 e. The minimum atomic E-state index is 0.505. The molecule has 0 atom stereocenters. The summed E-state index contributed by atoms with van der Waals surface area (Å²) in [6, 6.07) is 5.48. The zero-order valence-electron chi connectivity index (χ0n) is 12.2. The molecule has 0 spiro atoms. The van der Waals surface area contributed by atoms with Crippen molar-refractivity contribution in [1.82, 2.24) is 15.1 Å². The lowest BCUT2D eigenvalue weighted by Crippen LogP contribution is -2.27. The van der Waals surface area contributed by atoms with Crippen molar-refractivity contribution in [3.63, 3.8) is 0 Å². The maximum Gasteiger partial charge on any atom is 0.171 e. The number of methoxy groups -OCH3 is 2. The lowest BCUT2D eigenvalue weighted by Gasteiger charge is -2.14. The molecular weight excluding hydrogens is 288 g/mol. The van der Waals surface area contributed by atoms with E-state index in [1.807, 2.05) is 31.4 Å². The van der Waals surface area contributed by atoms with Gasteiger partial charge in [0.15, 0.2) is 5.11 Å². The predicted molar refractivity (Wildman–Crippen MR) is 85.8 cm³/mol. The number of ether oxygens (including phenoxy) is 2. The molecule has 0 radical (unpaired) electrons. The van der Waals surface area contributed by atoms with Crippen molar-refractivity contribution in [1.29, 1.82) is 0 Å². The van der Waals surface area contributed by atoms with Crippen LogP contribution in [0.25, 0.3) is 0 Å². The normalized spacial score (nSPS) is 10.0. The number of rotatable bonds is 5. The smallest absolute Gasteiger partial charge is 0.171 e. The van der Waals surface area contributed by atoms with E-state index in [0.29, 0.717) is 17.4 Å². The van der Waals surface area contributed by atoms with Crippen LogP contribution in [-0.4, -0.2) is 29.1 Å². The maximum absolute atomic E-state index is 5.29. The van der Waals surface area contributed by atoms with E-state index in [4.69, 9.17) is 21.7 Å². The van der Waals surface area contributed by atoms with Crippen molar-refractivity contribution in [2.24, 2.45) is 7.05 Å². The molecule has 0 aliphatic carbocycles. The third kappa shape index (κ3) is 4.09. The van der Waals surface area contributed by atoms with Crippen LogP contribution in [0.5, 0.6) is 11.5 Å². The molecule has 2 N–H and O–H groups in total. The van der Waals surface area contributed by atoms with Crippen LogP contribution in [0.3, 0.4) is 0 Å². The fourth-order valence-corrected chi connectivity index (χ4v) is 2.01. The molecule has 6 nitrogen and oxygen atoms in total. The highest BCUT2D eigenvalue weighted by Gasteiger charge is 2.07. The first kappa shape index (κ1) is 15.1. The fourth-order valence-electron chi connectivity index (χ4n) is 1.82. The summed E-state index contributed by atoms with van der Waals surface area (Å²) in [6.45, 7) is 0.603. The molecule has 1 aromatic carbocycles. The van der Waals surface area contributed by atoms with E-state index in [9.17, 15) is 0 Å². The average Bonchev–Trinajstić information content (AvgIpc) is 2.90. The number of nitrogens with one attached hydrogen (secondary N) is 2. The predicted octanol–water partition coefficient (Wildman–Crippen LogP) is 1.92. The second-order valence-corrected chi connectivity index (χ2v) is 4.80. The van der Waals surface area contributed by atoms with E-state index < -0.39 is 0 Å². The summed E-state index contributed by atoms with van der Waals surface area (Å²) < 4.78 is 12.2. The monoisotopic (exact) mass is 306 g/mol. The molecule has 0 aliphatic rings. The van der Waals surface area contributed by atoms with Gasteiger partial charge in [-0.3, -0.25) is 4.68 Å². The Kier molecular flexibility index (Phi) is 4.99. The molecule has 0 unspecified atom stereocenters. The summed E-state index contributed by atoms with van der Waals surface area (Å²) in [7, 11) is 5.10. The lowest BCUT2D eigenvalue weighted by atomic mass is 10.2. The van der Waals surface area contributed by atoms with Gasteiger partial charge in [-0.15, -0.1) is 0 Å². The molecular formula is C14H18N4O2S. The van der Waals surface area contributed by atoms with E-state index in [1.54, 1.807) is 25.1 Å². The zero-order valence-corrected chi connectivity index (χ0v) is 13.0. The number of hydrogen-bond donors (Lipinski definition) is 2. The Balaban J connectivity index is 1.98. The molecule has 0 saturated carbocycles. The van der Waals surface area contributed by atoms with Crippen LogP contribution in [0.15, 0.2) is 30.6 Å². The fraction of sp³-hybridized carbons (Fsp3) is 0.286. The quantitative estimate of drug-likeness (QED) is 0.823. The standard InChI is InChI=1S/C14H18N4O2S/c1-18-9-10(8-16-18)7-15-14(21)17-12-6-11(19-2)4-5-13(12)20-3/h4-6,8-9H,7H2,1-3H3,(H2,15,17,21). The Morgan fingerprint density at radius 2 is 2.14 bits per heavy atom. The summed E-state index contributed by atoms with van der Waals surface area (Å²) in [6.07, 6.45) is 3.73. The summed E-state index contributed by atoms with van der Waals surface area (Å²) in [4.78, 5) is 0. The number of aromatic nitrogens is 2. The van der Waals surface area contributed by atoms with Crippen molar-refractivity contribution in [2.45, 2.75) is 6.54 Å². The molecule has 2 rings (SSSR count). The molecule has 112 valence electrons. The summed E-state index contributed by atoms with van der Waals surface area (Å²) in [5, 5.41) is 10.8. The highest BCUT2D eigenvalue weighted by molar-refractivity contribution is 7.80. The Bertz CT molecular complexity index is 627. The molecule has 0 saturated heterocycles. The van der Waals surface area contributed by atoms with Crippen molar-refractivity contribution in [3.8, 4) is 11.5 Å². The van der Waals surface area contributed by atoms with Gasteiger partial charge in [-0.25, -0.2) is 0 Å². The largest absolute Gasteiger partial charge is 0.497 e. The van der Waals surface area contributed by atoms with Gasteiger partial charge >= 0.3 is 0 Å². The highest BCUT2D eigenvalue weighted by atomic mass is 32.1. The molecule has 0 bridgehead atoms. The highest BCUT2D eigenvalue weighted by Crippen LogP contribution is 2.28. The number of benzene rings is 1. The summed E-state index contributed by atoms with van der Waals surface area (Å²) >= 11 is 5.28. The first-order valence-corrected chi connectivity index (χ1v) is 6.77. The SMILES string of the molecule is COc1ccc(OC)c(NC(=S)NCc2cnn(C)c2)c1. The Morgan fingerprint density at radius 3 is 2.76 bits per heavy atom. The third-order valence-electron chi connectivity index (χ3n) is 2.87. The van der Waals surface area contributed by atoms with Gasteiger partial charge in [-0.2, -0.15) is 5.10 Å². The van der Waals surface area contributed by atoms with Gasteiger partial charge in [-0.1, -0.05) is 0 Å². The van der Waals surface area contributed by atoms with E-state index in [-0.39, 0.29) is 0 Å². The molecule has 21 heavy (non-hydrogen) atoms. The summed E-state index contributed by atoms with van der Waals surface area (Å²) in [5.41, 5.74) is 1.81. The minimum absolute atomic E-state index is 0.505. The Morgan fingerprint density at radius 1 is 1.33 bits per heavy atom. The number of thiocarbonyl (C=S) groups is 1. The zero-order chi connectivity index (χ0) is 15.2. The van der Waals surface area contributed by atoms with Crippen molar-refractivity contribution >= 4 is 23.0 Å². The number of anilines is 1. The molecule has 2 aromatic rings.